The molecule has 0 aliphatic heterocycles. The third kappa shape index (κ3) is 7.48. The average molecular weight is 504 g/mol. The number of nitrogens with zero attached hydrogens (tertiary/aromatic N) is 2. The fraction of sp³-hybridized carbons (Fsp3) is 0.692. The number of nitrogens with two attached hydrogens (primary N) is 1. The Hall–Kier alpha value is -3.04. The number of fused-ring (bicyclic) bond motifs is 2. The van der Waals surface area contributed by atoms with Gasteiger partial charge in [0.25, 0.3) is 5.91 Å². The summed E-state index contributed by atoms with van der Waals surface area (Å²) in [6.45, 7) is 8.35. The van der Waals surface area contributed by atoms with Crippen molar-refractivity contribution in [1.29, 1.82) is 0 Å². The summed E-state index contributed by atoms with van der Waals surface area (Å²) < 4.78 is 12.7. The van der Waals surface area contributed by atoms with Crippen LogP contribution in [0.2, 0.25) is 0 Å². The number of ether oxygens (including phenoxy) is 2. The summed E-state index contributed by atoms with van der Waals surface area (Å²) in [5.41, 5.74) is 5.57. The van der Waals surface area contributed by atoms with Crippen LogP contribution in [0.25, 0.3) is 6.20 Å². The largest absolute Gasteiger partial charge is 0.477 e. The second kappa shape index (κ2) is 12.8. The van der Waals surface area contributed by atoms with Gasteiger partial charge in [0.2, 0.25) is 11.8 Å². The van der Waals surface area contributed by atoms with Crippen molar-refractivity contribution in [2.75, 3.05) is 13.2 Å². The van der Waals surface area contributed by atoms with Crippen molar-refractivity contribution in [1.82, 2.24) is 20.4 Å². The number of carbonyl (C=O) groups excluding carboxylic acids is 3. The Morgan fingerprint density at radius 1 is 1.25 bits per heavy atom. The number of rotatable bonds is 11. The monoisotopic (exact) mass is 503 g/mol. The van der Waals surface area contributed by atoms with Gasteiger partial charge < -0.3 is 25.8 Å². The summed E-state index contributed by atoms with van der Waals surface area (Å²) >= 11 is 0. The van der Waals surface area contributed by atoms with Crippen molar-refractivity contribution in [2.24, 2.45) is 29.4 Å². The van der Waals surface area contributed by atoms with E-state index in [1.807, 2.05) is 20.8 Å². The van der Waals surface area contributed by atoms with Crippen LogP contribution in [0.1, 0.15) is 76.6 Å². The smallest absolute Gasteiger partial charge is 0.404 e. The van der Waals surface area contributed by atoms with E-state index in [4.69, 9.17) is 15.2 Å². The van der Waals surface area contributed by atoms with Crippen LogP contribution in [-0.2, 0) is 9.53 Å². The first-order chi connectivity index (χ1) is 17.2. The Bertz CT molecular complexity index is 943. The predicted molar refractivity (Wildman–Crippen MR) is 136 cm³/mol. The Morgan fingerprint density at radius 2 is 2.03 bits per heavy atom. The fourth-order valence-electron chi connectivity index (χ4n) is 5.28. The quantitative estimate of drug-likeness (QED) is 0.424. The van der Waals surface area contributed by atoms with E-state index >= 15 is 0 Å². The van der Waals surface area contributed by atoms with E-state index in [9.17, 15) is 14.4 Å². The lowest BCUT2D eigenvalue weighted by Gasteiger charge is -2.45. The summed E-state index contributed by atoms with van der Waals surface area (Å²) in [6, 6.07) is -0.320. The Labute approximate surface area is 213 Å². The van der Waals surface area contributed by atoms with Crippen LogP contribution in [0.4, 0.5) is 4.79 Å². The lowest BCUT2D eigenvalue weighted by molar-refractivity contribution is -0.121. The van der Waals surface area contributed by atoms with E-state index in [1.54, 1.807) is 19.2 Å². The van der Waals surface area contributed by atoms with Crippen LogP contribution in [0, 0.1) is 23.7 Å². The normalized spacial score (nSPS) is 24.4. The van der Waals surface area contributed by atoms with Gasteiger partial charge in [-0.3, -0.25) is 9.59 Å². The first-order valence-corrected chi connectivity index (χ1v) is 13.1. The first-order valence-electron chi connectivity index (χ1n) is 13.1. The molecule has 200 valence electrons. The molecule has 2 saturated carbocycles. The highest BCUT2D eigenvalue weighted by Gasteiger charge is 2.41. The standard InChI is InChI=1S/C26H41N5O5/c1-5-22(32)29-17(4)9-10-31-25(35-14-16(2)3)21(13-28-31)24(33)30-23-19-8-6-7-18(11-19)12-20(23)15-36-26(27)34/h9-10,13,16-20,23H,5-8,11-12,14-15H2,1-4H3,(H2,27,34)(H,29,32)(H,30,33)/b10-9+/t17?,18?,19?,20?,23-/m0/s1. The highest BCUT2D eigenvalue weighted by atomic mass is 16.5. The topological polar surface area (TPSA) is 138 Å². The highest BCUT2D eigenvalue weighted by molar-refractivity contribution is 5.96. The van der Waals surface area contributed by atoms with E-state index in [1.165, 1.54) is 17.3 Å². The molecular weight excluding hydrogens is 462 g/mol. The molecular formula is C26H41N5O5. The lowest BCUT2D eigenvalue weighted by Crippen LogP contribution is -2.52. The van der Waals surface area contributed by atoms with Crippen molar-refractivity contribution < 1.29 is 23.9 Å². The molecule has 0 aromatic carbocycles. The van der Waals surface area contributed by atoms with Gasteiger partial charge in [-0.15, -0.1) is 0 Å². The maximum absolute atomic E-state index is 13.5. The molecule has 3 rings (SSSR count). The third-order valence-corrected chi connectivity index (χ3v) is 6.99. The number of carbonyl (C=O) groups is 3. The van der Waals surface area contributed by atoms with E-state index in [0.29, 0.717) is 36.3 Å². The fourth-order valence-corrected chi connectivity index (χ4v) is 5.28. The van der Waals surface area contributed by atoms with Gasteiger partial charge in [-0.2, -0.15) is 5.10 Å². The van der Waals surface area contributed by atoms with Crippen molar-refractivity contribution in [3.8, 4) is 5.88 Å². The molecule has 36 heavy (non-hydrogen) atoms. The molecule has 2 aliphatic carbocycles. The molecule has 1 aromatic heterocycles. The summed E-state index contributed by atoms with van der Waals surface area (Å²) in [7, 11) is 0. The number of nitrogens with one attached hydrogen (secondary N) is 2. The van der Waals surface area contributed by atoms with Gasteiger partial charge in [-0.05, 0) is 50.0 Å². The molecule has 2 fully saturated rings. The molecule has 2 bridgehead atoms. The van der Waals surface area contributed by atoms with E-state index in [0.717, 1.165) is 25.7 Å². The van der Waals surface area contributed by atoms with Crippen LogP contribution in [-0.4, -0.2) is 53.0 Å². The van der Waals surface area contributed by atoms with E-state index in [-0.39, 0.29) is 42.3 Å². The lowest BCUT2D eigenvalue weighted by atomic mass is 9.65. The summed E-state index contributed by atoms with van der Waals surface area (Å²) in [5.74, 6) is 1.24. The van der Waals surface area contributed by atoms with Gasteiger partial charge in [0, 0.05) is 30.6 Å². The number of amides is 3. The number of primary amides is 1. The van der Waals surface area contributed by atoms with Crippen LogP contribution >= 0.6 is 0 Å². The van der Waals surface area contributed by atoms with Crippen molar-refractivity contribution in [3.63, 3.8) is 0 Å². The zero-order valence-corrected chi connectivity index (χ0v) is 21.9. The molecule has 1 aromatic rings. The first kappa shape index (κ1) is 27.5. The van der Waals surface area contributed by atoms with Crippen LogP contribution in [0.15, 0.2) is 12.3 Å². The van der Waals surface area contributed by atoms with Gasteiger partial charge in [0.15, 0.2) is 0 Å². The Balaban J connectivity index is 1.79. The maximum Gasteiger partial charge on any atom is 0.404 e. The minimum Gasteiger partial charge on any atom is -0.477 e. The molecule has 0 spiro atoms. The molecule has 2 aliphatic rings. The molecule has 4 N–H and O–H groups in total. The summed E-state index contributed by atoms with van der Waals surface area (Å²) in [5, 5.41) is 10.5. The van der Waals surface area contributed by atoms with Gasteiger partial charge in [-0.1, -0.05) is 33.6 Å². The zero-order chi connectivity index (χ0) is 26.2. The van der Waals surface area contributed by atoms with Crippen LogP contribution in [0.3, 0.4) is 0 Å². The number of aromatic nitrogens is 2. The Morgan fingerprint density at radius 3 is 2.72 bits per heavy atom. The van der Waals surface area contributed by atoms with Gasteiger partial charge in [0.1, 0.15) is 5.56 Å². The van der Waals surface area contributed by atoms with Gasteiger partial charge >= 0.3 is 6.09 Å². The predicted octanol–water partition coefficient (Wildman–Crippen LogP) is 3.32. The van der Waals surface area contributed by atoms with E-state index < -0.39 is 6.09 Å². The molecule has 5 atom stereocenters. The van der Waals surface area contributed by atoms with Gasteiger partial charge in [-0.25, -0.2) is 9.48 Å². The number of hydrogen-bond acceptors (Lipinski definition) is 6. The highest BCUT2D eigenvalue weighted by Crippen LogP contribution is 2.43. The molecule has 10 nitrogen and oxygen atoms in total. The SMILES string of the molecule is CCC(=O)NC(C)/C=C/n1ncc(C(=O)N[C@H]2C3CCCC(C3)CC2COC(N)=O)c1OCC(C)C. The minimum absolute atomic E-state index is 0.0171. The summed E-state index contributed by atoms with van der Waals surface area (Å²) in [6.07, 6.45) is 9.93. The molecule has 0 saturated heterocycles. The maximum atomic E-state index is 13.5. The molecule has 4 unspecified atom stereocenters. The molecule has 1 heterocycles. The second-order valence-electron chi connectivity index (χ2n) is 10.5. The molecule has 0 radical (unpaired) electrons. The second-order valence-corrected chi connectivity index (χ2v) is 10.5. The molecule has 3 amide bonds. The van der Waals surface area contributed by atoms with E-state index in [2.05, 4.69) is 15.7 Å². The van der Waals surface area contributed by atoms with Crippen molar-refractivity contribution in [3.05, 3.63) is 17.8 Å². The zero-order valence-electron chi connectivity index (χ0n) is 21.9. The minimum atomic E-state index is -0.794. The van der Waals surface area contributed by atoms with Crippen molar-refractivity contribution in [2.45, 2.75) is 78.3 Å². The number of hydrogen-bond donors (Lipinski definition) is 3. The van der Waals surface area contributed by atoms with Crippen LogP contribution in [0.5, 0.6) is 5.88 Å². The average Bonchev–Trinajstić information content (AvgIpc) is 3.24. The third-order valence-electron chi connectivity index (χ3n) is 6.99. The van der Waals surface area contributed by atoms with Crippen LogP contribution < -0.4 is 21.1 Å². The van der Waals surface area contributed by atoms with Crippen molar-refractivity contribution >= 4 is 24.1 Å². The molecule has 10 heteroatoms. The summed E-state index contributed by atoms with van der Waals surface area (Å²) in [4.78, 5) is 36.4. The Kier molecular flexibility index (Phi) is 9.78. The van der Waals surface area contributed by atoms with Gasteiger partial charge in [0.05, 0.1) is 19.4 Å².